The number of ketones is 1. The molecule has 17 heavy (non-hydrogen) atoms. The Morgan fingerprint density at radius 2 is 2.41 bits per heavy atom. The first-order chi connectivity index (χ1) is 8.16. The number of Topliss-reactive ketones (excluding diaryl/α,β-unsaturated/α-hetero) is 1. The largest absolute Gasteiger partial charge is 0.306 e. The number of nitrogens with one attached hydrogen (secondary N) is 1. The average molecular weight is 253 g/mol. The molecule has 1 N–H and O–H groups in total. The Kier molecular flexibility index (Phi) is 4.18. The van der Waals surface area contributed by atoms with Crippen molar-refractivity contribution in [2.45, 2.75) is 19.4 Å². The molecule has 1 unspecified atom stereocenters. The van der Waals surface area contributed by atoms with Crippen molar-refractivity contribution in [1.82, 2.24) is 5.32 Å². The second kappa shape index (κ2) is 5.65. The van der Waals surface area contributed by atoms with Gasteiger partial charge in [-0.05, 0) is 30.2 Å². The zero-order valence-corrected chi connectivity index (χ0v) is 10.6. The highest BCUT2D eigenvalue weighted by Gasteiger charge is 2.21. The van der Waals surface area contributed by atoms with Crippen LogP contribution in [0.15, 0.2) is 18.2 Å². The van der Waals surface area contributed by atoms with E-state index < -0.39 is 0 Å². The van der Waals surface area contributed by atoms with Crippen molar-refractivity contribution in [2.24, 2.45) is 0 Å². The Bertz CT molecular complexity index is 416. The van der Waals surface area contributed by atoms with Gasteiger partial charge in [0.25, 0.3) is 0 Å². The Labute approximate surface area is 105 Å². The van der Waals surface area contributed by atoms with Crippen molar-refractivity contribution in [3.8, 4) is 0 Å². The molecule has 1 fully saturated rings. The molecule has 2 nitrogen and oxygen atoms in total. The number of benzene rings is 1. The predicted octanol–water partition coefficient (Wildman–Crippen LogP) is 1.95. The summed E-state index contributed by atoms with van der Waals surface area (Å²) in [4.78, 5) is 12.0. The Balaban J connectivity index is 2.04. The van der Waals surface area contributed by atoms with Gasteiger partial charge in [0.15, 0.2) is 5.78 Å². The summed E-state index contributed by atoms with van der Waals surface area (Å²) in [6.07, 6.45) is 0.321. The van der Waals surface area contributed by atoms with Gasteiger partial charge >= 0.3 is 0 Å². The van der Waals surface area contributed by atoms with Gasteiger partial charge in [0.2, 0.25) is 0 Å². The molecule has 1 aromatic carbocycles. The number of rotatable bonds is 3. The van der Waals surface area contributed by atoms with E-state index in [2.05, 4.69) is 5.32 Å². The van der Waals surface area contributed by atoms with E-state index in [-0.39, 0.29) is 17.6 Å². The summed E-state index contributed by atoms with van der Waals surface area (Å²) in [6, 6.07) is 4.54. The molecule has 0 radical (unpaired) electrons. The van der Waals surface area contributed by atoms with Crippen molar-refractivity contribution >= 4 is 17.5 Å². The SMILES string of the molecule is Cc1ccc(F)cc1CC(=O)C1CSCCN1. The molecule has 0 amide bonds. The number of aryl methyl sites for hydroxylation is 1. The summed E-state index contributed by atoms with van der Waals surface area (Å²) < 4.78 is 13.1. The number of halogens is 1. The fraction of sp³-hybridized carbons (Fsp3) is 0.462. The maximum Gasteiger partial charge on any atom is 0.154 e. The molecule has 1 heterocycles. The van der Waals surface area contributed by atoms with Crippen LogP contribution in [0.3, 0.4) is 0 Å². The summed E-state index contributed by atoms with van der Waals surface area (Å²) in [5, 5.41) is 3.21. The van der Waals surface area contributed by atoms with Gasteiger partial charge in [0.05, 0.1) is 6.04 Å². The van der Waals surface area contributed by atoms with E-state index in [4.69, 9.17) is 0 Å². The van der Waals surface area contributed by atoms with Crippen LogP contribution in [0.2, 0.25) is 0 Å². The Hall–Kier alpha value is -0.870. The molecule has 0 saturated carbocycles. The van der Waals surface area contributed by atoms with Crippen LogP contribution in [0.1, 0.15) is 11.1 Å². The van der Waals surface area contributed by atoms with Crippen LogP contribution in [0.5, 0.6) is 0 Å². The molecule has 0 aromatic heterocycles. The molecular weight excluding hydrogens is 237 g/mol. The molecule has 0 aliphatic carbocycles. The monoisotopic (exact) mass is 253 g/mol. The van der Waals surface area contributed by atoms with Crippen LogP contribution >= 0.6 is 11.8 Å². The Morgan fingerprint density at radius 3 is 3.12 bits per heavy atom. The van der Waals surface area contributed by atoms with Gasteiger partial charge in [-0.25, -0.2) is 4.39 Å². The minimum absolute atomic E-state index is 0.0728. The second-order valence-corrected chi connectivity index (χ2v) is 5.45. The Morgan fingerprint density at radius 1 is 1.59 bits per heavy atom. The summed E-state index contributed by atoms with van der Waals surface area (Å²) in [6.45, 7) is 2.79. The topological polar surface area (TPSA) is 29.1 Å². The predicted molar refractivity (Wildman–Crippen MR) is 69.0 cm³/mol. The van der Waals surface area contributed by atoms with Gasteiger partial charge in [-0.15, -0.1) is 0 Å². The van der Waals surface area contributed by atoms with E-state index in [9.17, 15) is 9.18 Å². The van der Waals surface area contributed by atoms with Crippen molar-refractivity contribution in [3.63, 3.8) is 0 Å². The highest BCUT2D eigenvalue weighted by molar-refractivity contribution is 7.99. The molecule has 1 saturated heterocycles. The highest BCUT2D eigenvalue weighted by Crippen LogP contribution is 2.14. The maximum absolute atomic E-state index is 13.1. The van der Waals surface area contributed by atoms with Crippen LogP contribution < -0.4 is 5.32 Å². The number of carbonyl (C=O) groups excluding carboxylic acids is 1. The van der Waals surface area contributed by atoms with Gasteiger partial charge in [0, 0.05) is 24.5 Å². The number of carbonyl (C=O) groups is 1. The van der Waals surface area contributed by atoms with E-state index in [1.807, 2.05) is 6.92 Å². The minimum atomic E-state index is -0.274. The maximum atomic E-state index is 13.1. The number of hydrogen-bond donors (Lipinski definition) is 1. The lowest BCUT2D eigenvalue weighted by Gasteiger charge is -2.22. The zero-order valence-electron chi connectivity index (χ0n) is 9.83. The van der Waals surface area contributed by atoms with E-state index >= 15 is 0 Å². The third kappa shape index (κ3) is 3.30. The second-order valence-electron chi connectivity index (χ2n) is 4.30. The van der Waals surface area contributed by atoms with Crippen LogP contribution in [0.4, 0.5) is 4.39 Å². The normalized spacial score (nSPS) is 20.2. The lowest BCUT2D eigenvalue weighted by atomic mass is 10.0. The van der Waals surface area contributed by atoms with Gasteiger partial charge in [-0.2, -0.15) is 11.8 Å². The molecule has 92 valence electrons. The smallest absolute Gasteiger partial charge is 0.154 e. The van der Waals surface area contributed by atoms with E-state index in [1.165, 1.54) is 12.1 Å². The highest BCUT2D eigenvalue weighted by atomic mass is 32.2. The fourth-order valence-corrected chi connectivity index (χ4v) is 2.88. The molecule has 1 atom stereocenters. The van der Waals surface area contributed by atoms with Crippen LogP contribution in [0, 0.1) is 12.7 Å². The molecule has 0 spiro atoms. The third-order valence-electron chi connectivity index (χ3n) is 2.99. The summed E-state index contributed by atoms with van der Waals surface area (Å²) in [5.74, 6) is 1.77. The van der Waals surface area contributed by atoms with E-state index in [0.29, 0.717) is 6.42 Å². The number of hydrogen-bond acceptors (Lipinski definition) is 3. The first-order valence-electron chi connectivity index (χ1n) is 5.75. The van der Waals surface area contributed by atoms with Crippen LogP contribution in [0.25, 0.3) is 0 Å². The summed E-state index contributed by atoms with van der Waals surface area (Å²) in [7, 11) is 0. The fourth-order valence-electron chi connectivity index (χ4n) is 1.91. The van der Waals surface area contributed by atoms with E-state index in [0.717, 1.165) is 29.2 Å². The van der Waals surface area contributed by atoms with Crippen molar-refractivity contribution < 1.29 is 9.18 Å². The molecular formula is C13H16FNOS. The quantitative estimate of drug-likeness (QED) is 0.892. The third-order valence-corrected chi connectivity index (χ3v) is 4.05. The van der Waals surface area contributed by atoms with E-state index in [1.54, 1.807) is 17.8 Å². The number of thioether (sulfide) groups is 1. The molecule has 1 aliphatic rings. The van der Waals surface area contributed by atoms with Crippen molar-refractivity contribution in [1.29, 1.82) is 0 Å². The van der Waals surface area contributed by atoms with Gasteiger partial charge in [-0.1, -0.05) is 6.07 Å². The first kappa shape index (κ1) is 12.6. The first-order valence-corrected chi connectivity index (χ1v) is 6.91. The molecule has 1 aliphatic heterocycles. The summed E-state index contributed by atoms with van der Waals surface area (Å²) >= 11 is 1.79. The van der Waals surface area contributed by atoms with Gasteiger partial charge in [-0.3, -0.25) is 4.79 Å². The molecule has 2 rings (SSSR count). The van der Waals surface area contributed by atoms with Gasteiger partial charge < -0.3 is 5.32 Å². The van der Waals surface area contributed by atoms with Gasteiger partial charge in [0.1, 0.15) is 5.82 Å². The standard InChI is InChI=1S/C13H16FNOS/c1-9-2-3-11(14)6-10(9)7-13(16)12-8-17-5-4-15-12/h2-3,6,12,15H,4-5,7-8H2,1H3. The van der Waals surface area contributed by atoms with Crippen molar-refractivity contribution in [2.75, 3.05) is 18.1 Å². The zero-order chi connectivity index (χ0) is 12.3. The minimum Gasteiger partial charge on any atom is -0.306 e. The lowest BCUT2D eigenvalue weighted by molar-refractivity contribution is -0.119. The molecule has 4 heteroatoms. The molecule has 0 bridgehead atoms. The average Bonchev–Trinajstić information content (AvgIpc) is 2.35. The van der Waals surface area contributed by atoms with Crippen LogP contribution in [-0.2, 0) is 11.2 Å². The van der Waals surface area contributed by atoms with Crippen molar-refractivity contribution in [3.05, 3.63) is 35.1 Å². The summed E-state index contributed by atoms with van der Waals surface area (Å²) in [5.41, 5.74) is 1.77. The van der Waals surface area contributed by atoms with Crippen LogP contribution in [-0.4, -0.2) is 29.9 Å². The lowest BCUT2D eigenvalue weighted by Crippen LogP contribution is -2.44. The molecule has 1 aromatic rings.